The Morgan fingerprint density at radius 3 is 2.59 bits per heavy atom. The number of hydrogen-bond donors (Lipinski definition) is 1. The van der Waals surface area contributed by atoms with E-state index in [2.05, 4.69) is 15.3 Å². The molecule has 0 atom stereocenters. The third-order valence-corrected chi connectivity index (χ3v) is 5.92. The van der Waals surface area contributed by atoms with E-state index in [4.69, 9.17) is 9.47 Å². The minimum atomic E-state index is -0.293. The van der Waals surface area contributed by atoms with Crippen molar-refractivity contribution in [1.82, 2.24) is 9.97 Å². The molecular formula is C26H22FN3O3S. The monoisotopic (exact) mass is 475 g/mol. The molecule has 1 N–H and O–H groups in total. The van der Waals surface area contributed by atoms with E-state index in [0.717, 1.165) is 11.1 Å². The first-order valence-corrected chi connectivity index (χ1v) is 11.4. The minimum absolute atomic E-state index is 0.282. The van der Waals surface area contributed by atoms with Crippen LogP contribution >= 0.6 is 11.8 Å². The number of halogens is 1. The average molecular weight is 476 g/mol. The molecule has 2 heterocycles. The summed E-state index contributed by atoms with van der Waals surface area (Å²) in [4.78, 5) is 21.5. The van der Waals surface area contributed by atoms with Gasteiger partial charge in [0.25, 0.3) is 5.91 Å². The van der Waals surface area contributed by atoms with Crippen molar-refractivity contribution in [2.45, 2.75) is 17.4 Å². The van der Waals surface area contributed by atoms with Crippen LogP contribution in [0.1, 0.15) is 21.5 Å². The number of thioether (sulfide) groups is 1. The van der Waals surface area contributed by atoms with Crippen molar-refractivity contribution >= 4 is 23.4 Å². The molecule has 0 fully saturated rings. The summed E-state index contributed by atoms with van der Waals surface area (Å²) in [6, 6.07) is 18.7. The Kier molecular flexibility index (Phi) is 7.72. The molecule has 0 aliphatic carbocycles. The van der Waals surface area contributed by atoms with Gasteiger partial charge in [-0.15, -0.1) is 11.8 Å². The Hall–Kier alpha value is -3.91. The number of ether oxygens (including phenoxy) is 2. The molecular weight excluding hydrogens is 453 g/mol. The number of nitrogens with one attached hydrogen (secondary N) is 1. The summed E-state index contributed by atoms with van der Waals surface area (Å²) in [5.41, 5.74) is 2.86. The van der Waals surface area contributed by atoms with Crippen LogP contribution < -0.4 is 14.8 Å². The predicted octanol–water partition coefficient (Wildman–Crippen LogP) is 5.75. The zero-order chi connectivity index (χ0) is 23.8. The van der Waals surface area contributed by atoms with E-state index in [1.807, 2.05) is 12.1 Å². The number of methoxy groups -OCH3 is 1. The van der Waals surface area contributed by atoms with Gasteiger partial charge < -0.3 is 14.8 Å². The Morgan fingerprint density at radius 2 is 1.82 bits per heavy atom. The highest BCUT2D eigenvalue weighted by Crippen LogP contribution is 2.32. The summed E-state index contributed by atoms with van der Waals surface area (Å²) in [6.07, 6.45) is 5.07. The van der Waals surface area contributed by atoms with E-state index in [1.54, 1.807) is 68.2 Å². The fourth-order valence-electron chi connectivity index (χ4n) is 3.12. The number of carbonyl (C=O) groups excluding carboxylic acids is 1. The van der Waals surface area contributed by atoms with Gasteiger partial charge in [-0.1, -0.05) is 18.2 Å². The normalized spacial score (nSPS) is 10.5. The van der Waals surface area contributed by atoms with Crippen molar-refractivity contribution in [3.05, 3.63) is 108 Å². The maximum atomic E-state index is 13.1. The maximum Gasteiger partial charge on any atom is 0.258 e. The van der Waals surface area contributed by atoms with Gasteiger partial charge in [0.2, 0.25) is 0 Å². The second-order valence-corrected chi connectivity index (χ2v) is 8.21. The molecule has 0 bridgehead atoms. The Balaban J connectivity index is 1.46. The summed E-state index contributed by atoms with van der Waals surface area (Å²) in [7, 11) is 1.56. The Bertz CT molecular complexity index is 1250. The van der Waals surface area contributed by atoms with E-state index in [0.29, 0.717) is 40.1 Å². The number of anilines is 1. The number of hydrogen-bond acceptors (Lipinski definition) is 6. The van der Waals surface area contributed by atoms with Crippen LogP contribution in [0.4, 0.5) is 10.1 Å². The fraction of sp³-hybridized carbons (Fsp3) is 0.115. The molecule has 6 nitrogen and oxygen atoms in total. The second-order valence-electron chi connectivity index (χ2n) is 7.24. The highest BCUT2D eigenvalue weighted by molar-refractivity contribution is 7.98. The lowest BCUT2D eigenvalue weighted by Crippen LogP contribution is -2.14. The van der Waals surface area contributed by atoms with Crippen LogP contribution in [0, 0.1) is 5.82 Å². The van der Waals surface area contributed by atoms with Crippen LogP contribution in [0.25, 0.3) is 0 Å². The van der Waals surface area contributed by atoms with Gasteiger partial charge in [-0.05, 0) is 48.0 Å². The van der Waals surface area contributed by atoms with Gasteiger partial charge in [-0.25, -0.2) is 9.37 Å². The van der Waals surface area contributed by atoms with Gasteiger partial charge in [-0.3, -0.25) is 9.78 Å². The molecule has 34 heavy (non-hydrogen) atoms. The van der Waals surface area contributed by atoms with E-state index < -0.39 is 0 Å². The molecule has 8 heteroatoms. The van der Waals surface area contributed by atoms with Crippen LogP contribution in [0.2, 0.25) is 0 Å². The highest BCUT2D eigenvalue weighted by Gasteiger charge is 2.15. The van der Waals surface area contributed by atoms with Crippen LogP contribution in [-0.4, -0.2) is 23.0 Å². The third kappa shape index (κ3) is 6.11. The topological polar surface area (TPSA) is 73.3 Å². The molecule has 0 aliphatic heterocycles. The highest BCUT2D eigenvalue weighted by atomic mass is 32.2. The molecule has 0 radical (unpaired) electrons. The molecule has 0 aliphatic rings. The lowest BCUT2D eigenvalue weighted by Gasteiger charge is -2.14. The lowest BCUT2D eigenvalue weighted by molar-refractivity contribution is 0.102. The summed E-state index contributed by atoms with van der Waals surface area (Å²) >= 11 is 1.41. The Morgan fingerprint density at radius 1 is 1.00 bits per heavy atom. The van der Waals surface area contributed by atoms with Crippen molar-refractivity contribution in [2.24, 2.45) is 0 Å². The first kappa shape index (κ1) is 23.3. The number of benzene rings is 2. The minimum Gasteiger partial charge on any atom is -0.493 e. The van der Waals surface area contributed by atoms with Gasteiger partial charge in [0.1, 0.15) is 17.5 Å². The molecule has 4 rings (SSSR count). The zero-order valence-corrected chi connectivity index (χ0v) is 19.2. The van der Waals surface area contributed by atoms with Gasteiger partial charge in [-0.2, -0.15) is 0 Å². The number of pyridine rings is 2. The van der Waals surface area contributed by atoms with Crippen molar-refractivity contribution < 1.29 is 18.7 Å². The van der Waals surface area contributed by atoms with Crippen LogP contribution in [0.5, 0.6) is 11.5 Å². The van der Waals surface area contributed by atoms with Crippen LogP contribution in [-0.2, 0) is 12.4 Å². The van der Waals surface area contributed by atoms with Crippen molar-refractivity contribution in [2.75, 3.05) is 12.4 Å². The standard InChI is InChI=1S/C26H22FN3O3S/c1-32-23-11-10-21(14-24(23)33-16-19-4-2-12-28-15-19)30-25(31)22-5-3-13-29-26(22)34-17-18-6-8-20(27)9-7-18/h2-15H,16-17H2,1H3,(H,30,31). The van der Waals surface area contributed by atoms with Gasteiger partial charge in [0.15, 0.2) is 11.5 Å². The largest absolute Gasteiger partial charge is 0.493 e. The van der Waals surface area contributed by atoms with E-state index in [-0.39, 0.29) is 11.7 Å². The molecule has 0 spiro atoms. The molecule has 0 saturated heterocycles. The van der Waals surface area contributed by atoms with Crippen molar-refractivity contribution in [3.8, 4) is 11.5 Å². The molecule has 0 saturated carbocycles. The summed E-state index contributed by atoms with van der Waals surface area (Å²) in [6.45, 7) is 0.314. The lowest BCUT2D eigenvalue weighted by atomic mass is 10.2. The number of aromatic nitrogens is 2. The smallest absolute Gasteiger partial charge is 0.258 e. The molecule has 172 valence electrons. The zero-order valence-electron chi connectivity index (χ0n) is 18.4. The summed E-state index contributed by atoms with van der Waals surface area (Å²) in [5.74, 6) is 1.04. The van der Waals surface area contributed by atoms with Crippen molar-refractivity contribution in [1.29, 1.82) is 0 Å². The van der Waals surface area contributed by atoms with Crippen LogP contribution in [0.3, 0.4) is 0 Å². The molecule has 4 aromatic rings. The quantitative estimate of drug-likeness (QED) is 0.311. The predicted molar refractivity (Wildman–Crippen MR) is 130 cm³/mol. The average Bonchev–Trinajstić information content (AvgIpc) is 2.88. The molecule has 0 unspecified atom stereocenters. The van der Waals surface area contributed by atoms with E-state index >= 15 is 0 Å². The molecule has 1 amide bonds. The summed E-state index contributed by atoms with van der Waals surface area (Å²) in [5, 5.41) is 3.49. The third-order valence-electron chi connectivity index (χ3n) is 4.84. The van der Waals surface area contributed by atoms with E-state index in [1.165, 1.54) is 23.9 Å². The number of rotatable bonds is 9. The number of nitrogens with zero attached hydrogens (tertiary/aromatic N) is 2. The van der Waals surface area contributed by atoms with Gasteiger partial charge in [0.05, 0.1) is 12.7 Å². The number of amides is 1. The van der Waals surface area contributed by atoms with E-state index in [9.17, 15) is 9.18 Å². The maximum absolute atomic E-state index is 13.1. The van der Waals surface area contributed by atoms with Gasteiger partial charge in [0, 0.05) is 41.7 Å². The molecule has 2 aromatic heterocycles. The Labute approximate surface area is 201 Å². The first-order chi connectivity index (χ1) is 16.6. The van der Waals surface area contributed by atoms with Gasteiger partial charge >= 0.3 is 0 Å². The van der Waals surface area contributed by atoms with Crippen LogP contribution in [0.15, 0.2) is 90.3 Å². The summed E-state index contributed by atoms with van der Waals surface area (Å²) < 4.78 is 24.4. The van der Waals surface area contributed by atoms with Crippen molar-refractivity contribution in [3.63, 3.8) is 0 Å². The fourth-order valence-corrected chi connectivity index (χ4v) is 4.07. The second kappa shape index (κ2) is 11.3. The SMILES string of the molecule is COc1ccc(NC(=O)c2cccnc2SCc2ccc(F)cc2)cc1OCc1cccnc1. The number of carbonyl (C=O) groups is 1. The molecule has 2 aromatic carbocycles. The first-order valence-electron chi connectivity index (χ1n) is 10.5.